The highest BCUT2D eigenvalue weighted by Gasteiger charge is 2.23. The van der Waals surface area contributed by atoms with Gasteiger partial charge < -0.3 is 10.2 Å². The first-order valence-electron chi connectivity index (χ1n) is 10.6. The lowest BCUT2D eigenvalue weighted by Gasteiger charge is -2.29. The average Bonchev–Trinajstić information content (AvgIpc) is 2.65. The van der Waals surface area contributed by atoms with Crippen molar-refractivity contribution in [3.05, 3.63) is 27.8 Å². The molecule has 2 N–H and O–H groups in total. The maximum atomic E-state index is 12.9. The summed E-state index contributed by atoms with van der Waals surface area (Å²) >= 11 is 0. The Kier molecular flexibility index (Phi) is 8.26. The van der Waals surface area contributed by atoms with Crippen LogP contribution in [0.2, 0.25) is 0 Å². The lowest BCUT2D eigenvalue weighted by atomic mass is 9.95. The molecule has 1 aromatic rings. The zero-order valence-corrected chi connectivity index (χ0v) is 19.6. The molecule has 0 aromatic heterocycles. The van der Waals surface area contributed by atoms with Gasteiger partial charge in [-0.1, -0.05) is 6.42 Å². The Labute approximate surface area is 176 Å². The first-order valence-corrected chi connectivity index (χ1v) is 12.1. The van der Waals surface area contributed by atoms with Crippen molar-refractivity contribution in [3.63, 3.8) is 0 Å². The Balaban J connectivity index is 1.91. The van der Waals surface area contributed by atoms with Crippen LogP contribution in [-0.2, 0) is 14.8 Å². The fourth-order valence-corrected chi connectivity index (χ4v) is 5.79. The quantitative estimate of drug-likeness (QED) is 0.674. The van der Waals surface area contributed by atoms with Crippen molar-refractivity contribution in [2.75, 3.05) is 26.2 Å². The molecule has 29 heavy (non-hydrogen) atoms. The van der Waals surface area contributed by atoms with Crippen LogP contribution < -0.4 is 10.0 Å². The number of piperidine rings is 1. The van der Waals surface area contributed by atoms with Gasteiger partial charge in [0.25, 0.3) is 0 Å². The van der Waals surface area contributed by atoms with E-state index in [0.717, 1.165) is 47.5 Å². The molecule has 0 bridgehead atoms. The van der Waals surface area contributed by atoms with Crippen molar-refractivity contribution >= 4 is 15.9 Å². The van der Waals surface area contributed by atoms with E-state index in [-0.39, 0.29) is 24.9 Å². The van der Waals surface area contributed by atoms with E-state index in [2.05, 4.69) is 14.9 Å². The topological polar surface area (TPSA) is 78.5 Å². The third-order valence-corrected chi connectivity index (χ3v) is 7.97. The number of nitrogens with zero attached hydrogens (tertiary/aromatic N) is 1. The molecule has 6 nitrogen and oxygen atoms in total. The van der Waals surface area contributed by atoms with E-state index < -0.39 is 10.0 Å². The van der Waals surface area contributed by atoms with Gasteiger partial charge in [0.2, 0.25) is 15.9 Å². The number of benzene rings is 1. The van der Waals surface area contributed by atoms with Gasteiger partial charge in [-0.25, -0.2) is 13.1 Å². The Morgan fingerprint density at radius 1 is 0.931 bits per heavy atom. The van der Waals surface area contributed by atoms with Crippen LogP contribution in [0.3, 0.4) is 0 Å². The first kappa shape index (κ1) is 23.8. The van der Waals surface area contributed by atoms with Crippen molar-refractivity contribution in [2.45, 2.75) is 78.2 Å². The summed E-state index contributed by atoms with van der Waals surface area (Å²) in [6, 6.07) is 0.0593. The molecule has 1 saturated heterocycles. The number of hydrogen-bond donors (Lipinski definition) is 2. The maximum absolute atomic E-state index is 12.9. The average molecular weight is 424 g/mol. The van der Waals surface area contributed by atoms with Crippen molar-refractivity contribution < 1.29 is 13.2 Å². The predicted molar refractivity (Wildman–Crippen MR) is 118 cm³/mol. The largest absolute Gasteiger partial charge is 0.352 e. The second-order valence-electron chi connectivity index (χ2n) is 8.43. The van der Waals surface area contributed by atoms with Crippen LogP contribution in [0.25, 0.3) is 0 Å². The second kappa shape index (κ2) is 10.0. The smallest absolute Gasteiger partial charge is 0.241 e. The molecule has 0 radical (unpaired) electrons. The van der Waals surface area contributed by atoms with Gasteiger partial charge in [0.1, 0.15) is 0 Å². The lowest BCUT2D eigenvalue weighted by molar-refractivity contribution is -0.121. The van der Waals surface area contributed by atoms with Crippen LogP contribution in [0.1, 0.15) is 60.4 Å². The number of carbonyl (C=O) groups is 1. The molecule has 1 fully saturated rings. The number of nitrogens with one attached hydrogen (secondary N) is 2. The number of likely N-dealkylation sites (tertiary alicyclic amines) is 1. The Bertz CT molecular complexity index is 814. The molecular weight excluding hydrogens is 386 g/mol. The van der Waals surface area contributed by atoms with Gasteiger partial charge in [0.15, 0.2) is 0 Å². The molecule has 1 atom stereocenters. The number of sulfonamides is 1. The summed E-state index contributed by atoms with van der Waals surface area (Å²) in [5.74, 6) is -0.123. The maximum Gasteiger partial charge on any atom is 0.241 e. The Hall–Kier alpha value is -1.44. The van der Waals surface area contributed by atoms with Crippen LogP contribution >= 0.6 is 0 Å². The van der Waals surface area contributed by atoms with E-state index in [1.807, 2.05) is 41.5 Å². The molecule has 0 aliphatic carbocycles. The summed E-state index contributed by atoms with van der Waals surface area (Å²) in [6.07, 6.45) is 3.86. The van der Waals surface area contributed by atoms with E-state index in [4.69, 9.17) is 0 Å². The monoisotopic (exact) mass is 423 g/mol. The van der Waals surface area contributed by atoms with Crippen molar-refractivity contribution in [1.82, 2.24) is 14.9 Å². The number of hydrogen-bond acceptors (Lipinski definition) is 4. The summed E-state index contributed by atoms with van der Waals surface area (Å²) in [5.41, 5.74) is 4.67. The lowest BCUT2D eigenvalue weighted by Crippen LogP contribution is -2.44. The molecule has 1 aliphatic heterocycles. The van der Waals surface area contributed by atoms with Crippen LogP contribution in [0.15, 0.2) is 4.90 Å². The summed E-state index contributed by atoms with van der Waals surface area (Å²) in [4.78, 5) is 15.0. The van der Waals surface area contributed by atoms with Gasteiger partial charge in [0, 0.05) is 25.6 Å². The Morgan fingerprint density at radius 2 is 1.45 bits per heavy atom. The van der Waals surface area contributed by atoms with Gasteiger partial charge in [-0.05, 0) is 95.3 Å². The molecular formula is C22H37N3O3S. The van der Waals surface area contributed by atoms with Crippen molar-refractivity contribution in [3.8, 4) is 0 Å². The number of rotatable bonds is 8. The minimum Gasteiger partial charge on any atom is -0.352 e. The van der Waals surface area contributed by atoms with E-state index in [1.165, 1.54) is 19.3 Å². The molecule has 1 aromatic carbocycles. The highest BCUT2D eigenvalue weighted by Crippen LogP contribution is 2.29. The molecule has 2 rings (SSSR count). The van der Waals surface area contributed by atoms with Crippen LogP contribution in [0.5, 0.6) is 0 Å². The van der Waals surface area contributed by atoms with Crippen molar-refractivity contribution in [2.24, 2.45) is 0 Å². The fourth-order valence-electron chi connectivity index (χ4n) is 4.16. The predicted octanol–water partition coefficient (Wildman–Crippen LogP) is 2.89. The minimum absolute atomic E-state index is 0.0593. The summed E-state index contributed by atoms with van der Waals surface area (Å²) < 4.78 is 28.4. The first-order chi connectivity index (χ1) is 13.5. The van der Waals surface area contributed by atoms with Crippen molar-refractivity contribution in [1.29, 1.82) is 0 Å². The molecule has 0 saturated carbocycles. The second-order valence-corrected chi connectivity index (χ2v) is 10.1. The van der Waals surface area contributed by atoms with E-state index >= 15 is 0 Å². The van der Waals surface area contributed by atoms with Crippen LogP contribution in [0, 0.1) is 34.6 Å². The molecule has 1 unspecified atom stereocenters. The SMILES string of the molecule is Cc1c(C)c(C)c(S(=O)(=O)NCCC(=O)NC(C)CN2CCCCC2)c(C)c1C. The molecule has 0 spiro atoms. The summed E-state index contributed by atoms with van der Waals surface area (Å²) in [6.45, 7) is 14.7. The highest BCUT2D eigenvalue weighted by molar-refractivity contribution is 7.89. The van der Waals surface area contributed by atoms with Gasteiger partial charge in [-0.2, -0.15) is 0 Å². The van der Waals surface area contributed by atoms with E-state index in [9.17, 15) is 13.2 Å². The Morgan fingerprint density at radius 3 is 2.00 bits per heavy atom. The standard InChI is InChI=1S/C22H37N3O3S/c1-15(14-25-12-8-7-9-13-25)24-21(26)10-11-23-29(27,28)22-19(5)17(3)16(2)18(4)20(22)6/h15,23H,7-14H2,1-6H3,(H,24,26). The number of amides is 1. The molecule has 1 amide bonds. The van der Waals surface area contributed by atoms with Gasteiger partial charge in [-0.15, -0.1) is 0 Å². The molecule has 1 aliphatic rings. The van der Waals surface area contributed by atoms with Crippen LogP contribution in [0.4, 0.5) is 0 Å². The molecule has 7 heteroatoms. The van der Waals surface area contributed by atoms with Gasteiger partial charge in [0.05, 0.1) is 4.90 Å². The van der Waals surface area contributed by atoms with Crippen LogP contribution in [-0.4, -0.2) is 51.4 Å². The van der Waals surface area contributed by atoms with E-state index in [1.54, 1.807) is 0 Å². The normalized spacial score (nSPS) is 16.6. The third-order valence-electron chi connectivity index (χ3n) is 6.23. The van der Waals surface area contributed by atoms with Gasteiger partial charge in [-0.3, -0.25) is 4.79 Å². The minimum atomic E-state index is -3.67. The fraction of sp³-hybridized carbons (Fsp3) is 0.682. The zero-order chi connectivity index (χ0) is 21.8. The molecule has 164 valence electrons. The third kappa shape index (κ3) is 6.03. The summed E-state index contributed by atoms with van der Waals surface area (Å²) in [7, 11) is -3.67. The molecule has 1 heterocycles. The highest BCUT2D eigenvalue weighted by atomic mass is 32.2. The zero-order valence-electron chi connectivity index (χ0n) is 18.8. The van der Waals surface area contributed by atoms with Gasteiger partial charge >= 0.3 is 0 Å². The summed E-state index contributed by atoms with van der Waals surface area (Å²) in [5, 5.41) is 2.99. The number of carbonyl (C=O) groups excluding carboxylic acids is 1. The van der Waals surface area contributed by atoms with E-state index in [0.29, 0.717) is 4.90 Å².